The highest BCUT2D eigenvalue weighted by molar-refractivity contribution is 5.74. The van der Waals surface area contributed by atoms with Crippen LogP contribution in [0, 0.1) is 29.1 Å². The van der Waals surface area contributed by atoms with Crippen LogP contribution in [0.25, 0.3) is 0 Å². The van der Waals surface area contributed by atoms with E-state index in [2.05, 4.69) is 4.74 Å². The van der Waals surface area contributed by atoms with Crippen molar-refractivity contribution in [3.63, 3.8) is 0 Å². The maximum absolute atomic E-state index is 13.3. The van der Waals surface area contributed by atoms with Crippen LogP contribution >= 0.6 is 0 Å². The van der Waals surface area contributed by atoms with Gasteiger partial charge in [0, 0.05) is 12.8 Å². The quantitative estimate of drug-likeness (QED) is 0.178. The lowest BCUT2D eigenvalue weighted by atomic mass is 10.2. The third-order valence-corrected chi connectivity index (χ3v) is 2.91. The molecule has 0 aliphatic carbocycles. The smallest absolute Gasteiger partial charge is 0.311 e. The van der Waals surface area contributed by atoms with Gasteiger partial charge in [-0.3, -0.25) is 9.59 Å². The fourth-order valence-corrected chi connectivity index (χ4v) is 1.62. The Hall–Kier alpha value is -2.19. The third-order valence-electron chi connectivity index (χ3n) is 2.91. The van der Waals surface area contributed by atoms with Gasteiger partial charge in [0.15, 0.2) is 0 Å². The van der Waals surface area contributed by atoms with Crippen LogP contribution in [0.4, 0.5) is 22.0 Å². The number of hydrogen-bond acceptors (Lipinski definition) is 4. The van der Waals surface area contributed by atoms with Gasteiger partial charge in [0.05, 0.1) is 6.61 Å². The van der Waals surface area contributed by atoms with Crippen LogP contribution in [-0.4, -0.2) is 18.5 Å². The largest absolute Gasteiger partial charge is 0.466 e. The molecule has 0 heterocycles. The van der Waals surface area contributed by atoms with Crippen molar-refractivity contribution in [1.82, 2.24) is 0 Å². The van der Waals surface area contributed by atoms with E-state index >= 15 is 0 Å². The van der Waals surface area contributed by atoms with Crippen molar-refractivity contribution in [3.05, 3.63) is 29.1 Å². The van der Waals surface area contributed by atoms with Gasteiger partial charge in [-0.15, -0.1) is 0 Å². The van der Waals surface area contributed by atoms with E-state index in [9.17, 15) is 31.5 Å². The number of benzene rings is 1. The molecule has 0 fully saturated rings. The summed E-state index contributed by atoms with van der Waals surface area (Å²) in [5, 5.41) is 0. The number of carbonyl (C=O) groups is 2. The zero-order valence-electron chi connectivity index (χ0n) is 12.8. The Labute approximate surface area is 134 Å². The summed E-state index contributed by atoms with van der Waals surface area (Å²) in [6.07, 6.45) is 0.868. The lowest BCUT2D eigenvalue weighted by Gasteiger charge is -2.08. The molecule has 0 saturated carbocycles. The summed E-state index contributed by atoms with van der Waals surface area (Å²) in [5.74, 6) is -14.7. The number of esters is 2. The van der Waals surface area contributed by atoms with E-state index in [1.54, 1.807) is 0 Å². The Morgan fingerprint density at radius 3 is 1.83 bits per heavy atom. The summed E-state index contributed by atoms with van der Waals surface area (Å²) >= 11 is 0. The van der Waals surface area contributed by atoms with E-state index in [0.717, 1.165) is 6.42 Å². The Morgan fingerprint density at radius 1 is 0.792 bits per heavy atom. The summed E-state index contributed by atoms with van der Waals surface area (Å²) in [6, 6.07) is 0. The van der Waals surface area contributed by atoms with E-state index in [1.807, 2.05) is 6.92 Å². The SMILES string of the molecule is CCCCOC(=O)CCCC(=O)Oc1c(F)c(F)c(F)c(F)c1F. The molecule has 1 aromatic rings. The molecule has 0 aromatic heterocycles. The highest BCUT2D eigenvalue weighted by atomic mass is 19.2. The molecule has 0 radical (unpaired) electrons. The van der Waals surface area contributed by atoms with Gasteiger partial charge in [-0.1, -0.05) is 13.3 Å². The Balaban J connectivity index is 2.56. The maximum Gasteiger partial charge on any atom is 0.311 e. The summed E-state index contributed by atoms with van der Waals surface area (Å²) in [6.45, 7) is 2.15. The monoisotopic (exact) mass is 354 g/mol. The van der Waals surface area contributed by atoms with Crippen molar-refractivity contribution < 1.29 is 41.0 Å². The molecule has 24 heavy (non-hydrogen) atoms. The van der Waals surface area contributed by atoms with Crippen molar-refractivity contribution >= 4 is 11.9 Å². The van der Waals surface area contributed by atoms with Gasteiger partial charge in [-0.05, 0) is 12.8 Å². The molecule has 0 aliphatic heterocycles. The van der Waals surface area contributed by atoms with Gasteiger partial charge in [-0.2, -0.15) is 8.78 Å². The highest BCUT2D eigenvalue weighted by Crippen LogP contribution is 2.29. The van der Waals surface area contributed by atoms with E-state index < -0.39 is 53.2 Å². The Morgan fingerprint density at radius 2 is 1.29 bits per heavy atom. The van der Waals surface area contributed by atoms with Crippen molar-refractivity contribution in [2.75, 3.05) is 6.61 Å². The third kappa shape index (κ3) is 5.17. The molecular weight excluding hydrogens is 339 g/mol. The van der Waals surface area contributed by atoms with Crippen LogP contribution in [0.3, 0.4) is 0 Å². The molecule has 0 bridgehead atoms. The molecule has 0 atom stereocenters. The summed E-state index contributed by atoms with van der Waals surface area (Å²) in [5.41, 5.74) is 0. The van der Waals surface area contributed by atoms with Crippen LogP contribution in [0.15, 0.2) is 0 Å². The van der Waals surface area contributed by atoms with Gasteiger partial charge in [0.2, 0.25) is 34.8 Å². The standard InChI is InChI=1S/C15H15F5O4/c1-2-3-7-23-8(21)5-4-6-9(22)24-15-13(19)11(17)10(16)12(18)14(15)20/h2-7H2,1H3. The van der Waals surface area contributed by atoms with Crippen LogP contribution in [-0.2, 0) is 14.3 Å². The molecule has 0 unspecified atom stereocenters. The Bertz CT molecular complexity index is 589. The molecule has 0 amide bonds. The normalized spacial score (nSPS) is 10.6. The average molecular weight is 354 g/mol. The van der Waals surface area contributed by atoms with Crippen LogP contribution in [0.2, 0.25) is 0 Å². The number of ether oxygens (including phenoxy) is 2. The maximum atomic E-state index is 13.3. The van der Waals surface area contributed by atoms with E-state index in [-0.39, 0.29) is 19.4 Å². The first-order valence-electron chi connectivity index (χ1n) is 7.17. The number of unbranched alkanes of at least 4 members (excludes halogenated alkanes) is 1. The minimum Gasteiger partial charge on any atom is -0.466 e. The zero-order chi connectivity index (χ0) is 18.3. The molecule has 9 heteroatoms. The number of halogens is 5. The second-order valence-electron chi connectivity index (χ2n) is 4.80. The van der Waals surface area contributed by atoms with E-state index in [4.69, 9.17) is 4.74 Å². The Kier molecular flexibility index (Phi) is 7.60. The average Bonchev–Trinajstić information content (AvgIpc) is 2.55. The predicted octanol–water partition coefficient (Wildman–Crippen LogP) is 3.80. The topological polar surface area (TPSA) is 52.6 Å². The van der Waals surface area contributed by atoms with Gasteiger partial charge in [-0.25, -0.2) is 13.2 Å². The molecule has 0 N–H and O–H groups in total. The van der Waals surface area contributed by atoms with Crippen LogP contribution in [0.1, 0.15) is 39.0 Å². The van der Waals surface area contributed by atoms with Crippen LogP contribution in [0.5, 0.6) is 5.75 Å². The first-order valence-corrected chi connectivity index (χ1v) is 7.17. The van der Waals surface area contributed by atoms with Gasteiger partial charge in [0.1, 0.15) is 0 Å². The van der Waals surface area contributed by atoms with Gasteiger partial charge >= 0.3 is 11.9 Å². The summed E-state index contributed by atoms with van der Waals surface area (Å²) < 4.78 is 74.4. The number of rotatable bonds is 8. The van der Waals surface area contributed by atoms with Crippen molar-refractivity contribution in [3.8, 4) is 5.75 Å². The van der Waals surface area contributed by atoms with Crippen molar-refractivity contribution in [2.45, 2.75) is 39.0 Å². The minimum absolute atomic E-state index is 0.0564. The van der Waals surface area contributed by atoms with Gasteiger partial charge in [0.25, 0.3) is 0 Å². The zero-order valence-corrected chi connectivity index (χ0v) is 12.8. The fraction of sp³-hybridized carbons (Fsp3) is 0.467. The van der Waals surface area contributed by atoms with Crippen molar-refractivity contribution in [2.24, 2.45) is 0 Å². The first-order chi connectivity index (χ1) is 11.3. The number of carbonyl (C=O) groups excluding carboxylic acids is 2. The predicted molar refractivity (Wildman–Crippen MR) is 71.6 cm³/mol. The molecule has 4 nitrogen and oxygen atoms in total. The minimum atomic E-state index is -2.35. The molecule has 134 valence electrons. The lowest BCUT2D eigenvalue weighted by Crippen LogP contribution is -2.14. The summed E-state index contributed by atoms with van der Waals surface area (Å²) in [4.78, 5) is 22.7. The lowest BCUT2D eigenvalue weighted by molar-refractivity contribution is -0.144. The number of hydrogen-bond donors (Lipinski definition) is 0. The van der Waals surface area contributed by atoms with Crippen molar-refractivity contribution in [1.29, 1.82) is 0 Å². The molecule has 1 rings (SSSR count). The molecule has 0 saturated heterocycles. The van der Waals surface area contributed by atoms with E-state index in [1.165, 1.54) is 0 Å². The highest BCUT2D eigenvalue weighted by Gasteiger charge is 2.28. The molecular formula is C15H15F5O4. The molecule has 0 aliphatic rings. The first kappa shape index (κ1) is 19.9. The fourth-order valence-electron chi connectivity index (χ4n) is 1.62. The second-order valence-corrected chi connectivity index (χ2v) is 4.80. The molecule has 0 spiro atoms. The van der Waals surface area contributed by atoms with E-state index in [0.29, 0.717) is 6.42 Å². The van der Waals surface area contributed by atoms with Gasteiger partial charge < -0.3 is 9.47 Å². The van der Waals surface area contributed by atoms with Crippen LogP contribution < -0.4 is 4.74 Å². The second kappa shape index (κ2) is 9.19. The molecule has 1 aromatic carbocycles. The summed E-state index contributed by atoms with van der Waals surface area (Å²) in [7, 11) is 0.